The van der Waals surface area contributed by atoms with E-state index in [1.54, 1.807) is 23.1 Å². The van der Waals surface area contributed by atoms with Crippen LogP contribution < -0.4 is 4.90 Å². The maximum Gasteiger partial charge on any atom is 0.332 e. The summed E-state index contributed by atoms with van der Waals surface area (Å²) in [7, 11) is 0. The number of hydrogen-bond acceptors (Lipinski definition) is 2. The molecule has 0 radical (unpaired) electrons. The van der Waals surface area contributed by atoms with Gasteiger partial charge >= 0.3 is 6.03 Å². The summed E-state index contributed by atoms with van der Waals surface area (Å²) in [6, 6.07) is 14.3. The van der Waals surface area contributed by atoms with Gasteiger partial charge in [0.25, 0.3) is 5.91 Å². The second-order valence-corrected chi connectivity index (χ2v) is 7.47. The maximum absolute atomic E-state index is 13.3. The summed E-state index contributed by atoms with van der Waals surface area (Å²) in [6.07, 6.45) is 0.766. The minimum atomic E-state index is -0.896. The fourth-order valence-electron chi connectivity index (χ4n) is 4.03. The highest BCUT2D eigenvalue weighted by Crippen LogP contribution is 2.48. The van der Waals surface area contributed by atoms with Crippen molar-refractivity contribution in [1.29, 1.82) is 0 Å². The van der Waals surface area contributed by atoms with Gasteiger partial charge in [-0.2, -0.15) is 0 Å². The Kier molecular flexibility index (Phi) is 3.78. The SMILES string of the molecule is C[C@@]12C(=O)N(c3cc(Cl)cc(Cl)c3)C(=O)N1CCC2c1ccccc1. The predicted molar refractivity (Wildman–Crippen MR) is 98.3 cm³/mol. The third-order valence-electron chi connectivity index (χ3n) is 5.25. The van der Waals surface area contributed by atoms with Crippen LogP contribution in [0.2, 0.25) is 10.0 Å². The molecule has 128 valence electrons. The number of amides is 3. The fourth-order valence-corrected chi connectivity index (χ4v) is 4.54. The number of rotatable bonds is 2. The van der Waals surface area contributed by atoms with Crippen LogP contribution in [-0.2, 0) is 4.79 Å². The average molecular weight is 375 g/mol. The van der Waals surface area contributed by atoms with E-state index in [-0.39, 0.29) is 17.9 Å². The van der Waals surface area contributed by atoms with Crippen LogP contribution in [0.1, 0.15) is 24.8 Å². The Bertz CT molecular complexity index is 851. The van der Waals surface area contributed by atoms with Gasteiger partial charge in [-0.3, -0.25) is 4.79 Å². The lowest BCUT2D eigenvalue weighted by Crippen LogP contribution is -2.46. The molecule has 0 N–H and O–H groups in total. The van der Waals surface area contributed by atoms with E-state index in [1.807, 2.05) is 37.3 Å². The fraction of sp³-hybridized carbons (Fsp3) is 0.263. The van der Waals surface area contributed by atoms with Crippen molar-refractivity contribution in [2.45, 2.75) is 24.8 Å². The summed E-state index contributed by atoms with van der Waals surface area (Å²) >= 11 is 12.1. The van der Waals surface area contributed by atoms with Gasteiger partial charge in [0.2, 0.25) is 0 Å². The maximum atomic E-state index is 13.3. The van der Waals surface area contributed by atoms with E-state index in [2.05, 4.69) is 0 Å². The standard InChI is InChI=1S/C19H16Cl2N2O2/c1-19-16(12-5-3-2-4-6-12)7-8-22(19)18(25)23(17(19)24)15-10-13(20)9-14(21)11-15/h2-6,9-11,16H,7-8H2,1H3/t16?,19-/m1/s1. The summed E-state index contributed by atoms with van der Waals surface area (Å²) in [5.74, 6) is -0.271. The van der Waals surface area contributed by atoms with Crippen molar-refractivity contribution in [3.8, 4) is 0 Å². The van der Waals surface area contributed by atoms with Crippen molar-refractivity contribution in [2.24, 2.45) is 0 Å². The molecule has 3 amide bonds. The Labute approximate surface area is 155 Å². The molecule has 1 unspecified atom stereocenters. The molecule has 4 nitrogen and oxygen atoms in total. The van der Waals surface area contributed by atoms with Crippen LogP contribution in [0.25, 0.3) is 0 Å². The van der Waals surface area contributed by atoms with E-state index in [0.717, 1.165) is 12.0 Å². The topological polar surface area (TPSA) is 40.6 Å². The van der Waals surface area contributed by atoms with E-state index < -0.39 is 5.54 Å². The molecule has 2 aromatic rings. The lowest BCUT2D eigenvalue weighted by atomic mass is 9.81. The molecular weight excluding hydrogens is 359 g/mol. The van der Waals surface area contributed by atoms with Gasteiger partial charge in [0.15, 0.2) is 0 Å². The highest BCUT2D eigenvalue weighted by molar-refractivity contribution is 6.35. The molecule has 2 aliphatic rings. The third kappa shape index (κ3) is 2.35. The second-order valence-electron chi connectivity index (χ2n) is 6.60. The lowest BCUT2D eigenvalue weighted by molar-refractivity contribution is -0.123. The van der Waals surface area contributed by atoms with Crippen molar-refractivity contribution >= 4 is 40.8 Å². The van der Waals surface area contributed by atoms with Crippen LogP contribution in [-0.4, -0.2) is 28.9 Å². The van der Waals surface area contributed by atoms with Gasteiger partial charge in [0, 0.05) is 22.5 Å². The van der Waals surface area contributed by atoms with Gasteiger partial charge in [-0.15, -0.1) is 0 Å². The van der Waals surface area contributed by atoms with Crippen LogP contribution in [0.3, 0.4) is 0 Å². The zero-order chi connectivity index (χ0) is 17.8. The van der Waals surface area contributed by atoms with Crippen molar-refractivity contribution in [1.82, 2.24) is 4.90 Å². The van der Waals surface area contributed by atoms with Crippen molar-refractivity contribution in [3.05, 3.63) is 64.1 Å². The molecule has 0 bridgehead atoms. The van der Waals surface area contributed by atoms with E-state index in [9.17, 15) is 9.59 Å². The monoisotopic (exact) mass is 374 g/mol. The first-order valence-electron chi connectivity index (χ1n) is 8.10. The summed E-state index contributed by atoms with van der Waals surface area (Å²) in [5, 5.41) is 0.778. The first-order valence-corrected chi connectivity index (χ1v) is 8.85. The van der Waals surface area contributed by atoms with Crippen LogP contribution >= 0.6 is 23.2 Å². The van der Waals surface area contributed by atoms with Crippen LogP contribution in [0.4, 0.5) is 10.5 Å². The molecule has 2 aromatic carbocycles. The zero-order valence-electron chi connectivity index (χ0n) is 13.6. The Morgan fingerprint density at radius 2 is 1.68 bits per heavy atom. The number of carbonyl (C=O) groups is 2. The molecule has 2 saturated heterocycles. The van der Waals surface area contributed by atoms with E-state index in [4.69, 9.17) is 23.2 Å². The number of halogens is 2. The molecule has 6 heteroatoms. The Morgan fingerprint density at radius 1 is 1.04 bits per heavy atom. The predicted octanol–water partition coefficient (Wildman–Crippen LogP) is 4.71. The molecule has 0 aromatic heterocycles. The van der Waals surface area contributed by atoms with Crippen molar-refractivity contribution in [2.75, 3.05) is 11.4 Å². The highest BCUT2D eigenvalue weighted by Gasteiger charge is 2.62. The van der Waals surface area contributed by atoms with Crippen molar-refractivity contribution < 1.29 is 9.59 Å². The molecule has 2 fully saturated rings. The first-order chi connectivity index (χ1) is 11.9. The van der Waals surface area contributed by atoms with Gasteiger partial charge in [-0.05, 0) is 37.1 Å². The summed E-state index contributed by atoms with van der Waals surface area (Å²) in [5.41, 5.74) is 0.585. The van der Waals surface area contributed by atoms with Gasteiger partial charge in [0.1, 0.15) is 5.54 Å². The molecule has 2 atom stereocenters. The number of nitrogens with zero attached hydrogens (tertiary/aromatic N) is 2. The molecule has 0 saturated carbocycles. The Morgan fingerprint density at radius 3 is 2.32 bits per heavy atom. The summed E-state index contributed by atoms with van der Waals surface area (Å²) < 4.78 is 0. The zero-order valence-corrected chi connectivity index (χ0v) is 15.1. The molecule has 2 aliphatic heterocycles. The molecule has 25 heavy (non-hydrogen) atoms. The Hall–Kier alpha value is -2.04. The van der Waals surface area contributed by atoms with Gasteiger partial charge in [0.05, 0.1) is 5.69 Å². The van der Waals surface area contributed by atoms with Crippen LogP contribution in [0.15, 0.2) is 48.5 Å². The molecule has 4 rings (SSSR count). The quantitative estimate of drug-likeness (QED) is 0.714. The number of anilines is 1. The summed E-state index contributed by atoms with van der Waals surface area (Å²) in [4.78, 5) is 29.1. The van der Waals surface area contributed by atoms with Gasteiger partial charge < -0.3 is 4.90 Å². The van der Waals surface area contributed by atoms with Gasteiger partial charge in [-0.25, -0.2) is 9.69 Å². The Balaban J connectivity index is 1.78. The van der Waals surface area contributed by atoms with Crippen LogP contribution in [0, 0.1) is 0 Å². The number of urea groups is 1. The average Bonchev–Trinajstić information content (AvgIpc) is 3.01. The van der Waals surface area contributed by atoms with Crippen LogP contribution in [0.5, 0.6) is 0 Å². The second kappa shape index (κ2) is 5.75. The number of hydrogen-bond donors (Lipinski definition) is 0. The molecule has 0 spiro atoms. The largest absolute Gasteiger partial charge is 0.332 e. The number of fused-ring (bicyclic) bond motifs is 1. The van der Waals surface area contributed by atoms with Gasteiger partial charge in [-0.1, -0.05) is 53.5 Å². The molecule has 2 heterocycles. The summed E-state index contributed by atoms with van der Waals surface area (Å²) in [6.45, 7) is 2.40. The lowest BCUT2D eigenvalue weighted by Gasteiger charge is -2.30. The number of imide groups is 1. The van der Waals surface area contributed by atoms with E-state index in [0.29, 0.717) is 22.3 Å². The smallest absolute Gasteiger partial charge is 0.309 e. The molecule has 0 aliphatic carbocycles. The highest BCUT2D eigenvalue weighted by atomic mass is 35.5. The molecular formula is C19H16Cl2N2O2. The minimum absolute atomic E-state index is 0.0372. The number of carbonyl (C=O) groups excluding carboxylic acids is 2. The van der Waals surface area contributed by atoms with Crippen molar-refractivity contribution in [3.63, 3.8) is 0 Å². The minimum Gasteiger partial charge on any atom is -0.309 e. The number of benzene rings is 2. The first kappa shape index (κ1) is 16.4. The van der Waals surface area contributed by atoms with E-state index >= 15 is 0 Å². The normalized spacial score (nSPS) is 25.6. The van der Waals surface area contributed by atoms with E-state index in [1.165, 1.54) is 4.90 Å². The third-order valence-corrected chi connectivity index (χ3v) is 5.68.